The molecule has 10 heteroatoms. The van der Waals surface area contributed by atoms with E-state index in [0.29, 0.717) is 30.8 Å². The predicted molar refractivity (Wildman–Crippen MR) is 191 cm³/mol. The zero-order valence-electron chi connectivity index (χ0n) is 29.4. The molecule has 49 heavy (non-hydrogen) atoms. The van der Waals surface area contributed by atoms with E-state index in [4.69, 9.17) is 5.73 Å². The number of hydrogen-bond donors (Lipinski definition) is 4. The second kappa shape index (κ2) is 19.4. The van der Waals surface area contributed by atoms with Crippen LogP contribution in [0, 0.1) is 17.7 Å². The van der Waals surface area contributed by atoms with Crippen LogP contribution in [-0.2, 0) is 22.6 Å². The Kier molecular flexibility index (Phi) is 15.4. The first-order valence-corrected chi connectivity index (χ1v) is 17.3. The van der Waals surface area contributed by atoms with Crippen molar-refractivity contribution in [3.05, 3.63) is 107 Å². The molecule has 3 aromatic carbocycles. The molecule has 4 atom stereocenters. The summed E-state index contributed by atoms with van der Waals surface area (Å²) in [5.41, 5.74) is 8.66. The highest BCUT2D eigenvalue weighted by Gasteiger charge is 2.30. The van der Waals surface area contributed by atoms with Gasteiger partial charge in [0.2, 0.25) is 11.8 Å². The van der Waals surface area contributed by atoms with E-state index in [9.17, 15) is 23.6 Å². The minimum atomic E-state index is -0.760. The van der Waals surface area contributed by atoms with Gasteiger partial charge in [-0.25, -0.2) is 4.39 Å². The van der Waals surface area contributed by atoms with Gasteiger partial charge in [-0.15, -0.1) is 0 Å². The van der Waals surface area contributed by atoms with E-state index in [2.05, 4.69) is 16.0 Å². The van der Waals surface area contributed by atoms with Gasteiger partial charge in [-0.2, -0.15) is 0 Å². The molecular weight excluding hydrogens is 621 g/mol. The number of halogens is 1. The lowest BCUT2D eigenvalue weighted by molar-refractivity contribution is -0.132. The number of nitrogens with one attached hydrogen (secondary N) is 3. The van der Waals surface area contributed by atoms with Crippen LogP contribution in [0.3, 0.4) is 0 Å². The lowest BCUT2D eigenvalue weighted by Gasteiger charge is -2.29. The van der Waals surface area contributed by atoms with Gasteiger partial charge in [0.25, 0.3) is 11.8 Å². The van der Waals surface area contributed by atoms with Crippen LogP contribution in [0.4, 0.5) is 4.39 Å². The third-order valence-corrected chi connectivity index (χ3v) is 8.51. The second-order valence-corrected chi connectivity index (χ2v) is 13.0. The van der Waals surface area contributed by atoms with Crippen LogP contribution in [-0.4, -0.2) is 59.7 Å². The first-order chi connectivity index (χ1) is 23.4. The maximum Gasteiger partial charge on any atom is 0.253 e. The standard InChI is InChI=1S/C39H52FN5O4/c1-6-20-45(21-7-2)39(49)31-18-13-17-30(23-31)37(47)43-34(24-29-16-11-12-19-32(29)40)33(41)22-27(5)36(46)44-35(26(3)4)38(48)42-25-28-14-9-8-10-15-28/h8-19,23,26-27,33-35H,6-7,20-22,24-25,41H2,1-5H3,(H,42,48)(H,43,47)(H,44,46). The van der Waals surface area contributed by atoms with Gasteiger partial charge >= 0.3 is 0 Å². The SMILES string of the molecule is CCCN(CCC)C(=O)c1cccc(C(=O)NC(Cc2ccccc2F)C(N)CC(C)C(=O)NC(C(=O)NCc2ccccc2)C(C)C)c1. The molecule has 4 unspecified atom stereocenters. The van der Waals surface area contributed by atoms with Crippen molar-refractivity contribution in [1.82, 2.24) is 20.9 Å². The number of hydrogen-bond acceptors (Lipinski definition) is 5. The van der Waals surface area contributed by atoms with Gasteiger partial charge in [-0.3, -0.25) is 19.2 Å². The van der Waals surface area contributed by atoms with E-state index in [0.717, 1.165) is 18.4 Å². The molecule has 0 aliphatic rings. The van der Waals surface area contributed by atoms with Crippen LogP contribution in [0.25, 0.3) is 0 Å². The smallest absolute Gasteiger partial charge is 0.253 e. The van der Waals surface area contributed by atoms with Crippen LogP contribution in [0.15, 0.2) is 78.9 Å². The van der Waals surface area contributed by atoms with Crippen molar-refractivity contribution in [2.45, 2.75) is 85.0 Å². The van der Waals surface area contributed by atoms with E-state index >= 15 is 0 Å². The minimum absolute atomic E-state index is 0.0871. The summed E-state index contributed by atoms with van der Waals surface area (Å²) in [7, 11) is 0. The van der Waals surface area contributed by atoms with Crippen molar-refractivity contribution in [2.75, 3.05) is 13.1 Å². The van der Waals surface area contributed by atoms with Crippen molar-refractivity contribution < 1.29 is 23.6 Å². The first kappa shape index (κ1) is 38.9. The Bertz CT molecular complexity index is 1530. The highest BCUT2D eigenvalue weighted by molar-refractivity contribution is 5.99. The van der Waals surface area contributed by atoms with Gasteiger partial charge in [0.05, 0.1) is 0 Å². The van der Waals surface area contributed by atoms with E-state index in [-0.39, 0.29) is 42.0 Å². The zero-order chi connectivity index (χ0) is 35.9. The Hall–Kier alpha value is -4.57. The number of amides is 4. The Morgan fingerprint density at radius 2 is 1.43 bits per heavy atom. The van der Waals surface area contributed by atoms with Gasteiger partial charge in [-0.05, 0) is 67.0 Å². The summed E-state index contributed by atoms with van der Waals surface area (Å²) in [4.78, 5) is 55.0. The third kappa shape index (κ3) is 11.8. The van der Waals surface area contributed by atoms with E-state index in [1.165, 1.54) is 6.07 Å². The largest absolute Gasteiger partial charge is 0.350 e. The number of carbonyl (C=O) groups excluding carboxylic acids is 4. The summed E-state index contributed by atoms with van der Waals surface area (Å²) in [5, 5.41) is 8.73. The van der Waals surface area contributed by atoms with E-state index in [1.54, 1.807) is 54.3 Å². The van der Waals surface area contributed by atoms with Gasteiger partial charge in [0, 0.05) is 48.8 Å². The molecule has 0 bridgehead atoms. The predicted octanol–water partition coefficient (Wildman–Crippen LogP) is 5.24. The van der Waals surface area contributed by atoms with Gasteiger partial charge in [-0.1, -0.05) is 89.2 Å². The normalized spacial score (nSPS) is 13.6. The summed E-state index contributed by atoms with van der Waals surface area (Å²) in [6.45, 7) is 11.0. The quantitative estimate of drug-likeness (QED) is 0.147. The molecule has 0 spiro atoms. The highest BCUT2D eigenvalue weighted by atomic mass is 19.1. The number of benzene rings is 3. The van der Waals surface area contributed by atoms with Gasteiger partial charge < -0.3 is 26.6 Å². The summed E-state index contributed by atoms with van der Waals surface area (Å²) in [6.07, 6.45) is 1.88. The summed E-state index contributed by atoms with van der Waals surface area (Å²) in [6, 6.07) is 20.1. The molecule has 0 aliphatic carbocycles. The van der Waals surface area contributed by atoms with E-state index in [1.807, 2.05) is 58.0 Å². The maximum absolute atomic E-state index is 14.8. The lowest BCUT2D eigenvalue weighted by Crippen LogP contribution is -2.53. The van der Waals surface area contributed by atoms with Crippen molar-refractivity contribution in [1.29, 1.82) is 0 Å². The summed E-state index contributed by atoms with van der Waals surface area (Å²) < 4.78 is 14.8. The zero-order valence-corrected chi connectivity index (χ0v) is 29.4. The molecule has 0 saturated carbocycles. The Morgan fingerprint density at radius 3 is 2.06 bits per heavy atom. The third-order valence-electron chi connectivity index (χ3n) is 8.51. The van der Waals surface area contributed by atoms with Gasteiger partial charge in [0.15, 0.2) is 0 Å². The molecular formula is C39H52FN5O4. The molecule has 0 aromatic heterocycles. The number of rotatable bonds is 18. The van der Waals surface area contributed by atoms with Crippen molar-refractivity contribution in [2.24, 2.45) is 17.6 Å². The first-order valence-electron chi connectivity index (χ1n) is 17.3. The molecule has 0 fully saturated rings. The lowest BCUT2D eigenvalue weighted by atomic mass is 9.91. The minimum Gasteiger partial charge on any atom is -0.350 e. The molecule has 0 saturated heterocycles. The Morgan fingerprint density at radius 1 is 0.796 bits per heavy atom. The van der Waals surface area contributed by atoms with Crippen LogP contribution in [0.2, 0.25) is 0 Å². The molecule has 264 valence electrons. The monoisotopic (exact) mass is 673 g/mol. The molecule has 0 aliphatic heterocycles. The summed E-state index contributed by atoms with van der Waals surface area (Å²) in [5.74, 6) is -2.48. The molecule has 5 N–H and O–H groups in total. The second-order valence-electron chi connectivity index (χ2n) is 13.0. The van der Waals surface area contributed by atoms with Gasteiger partial charge in [0.1, 0.15) is 11.9 Å². The molecule has 0 heterocycles. The Labute approximate surface area is 290 Å². The fourth-order valence-electron chi connectivity index (χ4n) is 5.70. The van der Waals surface area contributed by atoms with Crippen molar-refractivity contribution in [3.63, 3.8) is 0 Å². The fraction of sp³-hybridized carbons (Fsp3) is 0.436. The molecule has 3 aromatic rings. The molecule has 3 rings (SSSR count). The molecule has 9 nitrogen and oxygen atoms in total. The topological polar surface area (TPSA) is 134 Å². The van der Waals surface area contributed by atoms with Crippen LogP contribution >= 0.6 is 0 Å². The number of nitrogens with zero attached hydrogens (tertiary/aromatic N) is 1. The van der Waals surface area contributed by atoms with Crippen LogP contribution in [0.5, 0.6) is 0 Å². The number of nitrogens with two attached hydrogens (primary N) is 1. The maximum atomic E-state index is 14.8. The van der Waals surface area contributed by atoms with Crippen molar-refractivity contribution >= 4 is 23.6 Å². The van der Waals surface area contributed by atoms with Crippen LogP contribution in [0.1, 0.15) is 85.7 Å². The summed E-state index contributed by atoms with van der Waals surface area (Å²) >= 11 is 0. The molecule has 4 amide bonds. The number of carbonyl (C=O) groups is 4. The highest BCUT2D eigenvalue weighted by Crippen LogP contribution is 2.17. The fourth-order valence-corrected chi connectivity index (χ4v) is 5.70. The van der Waals surface area contributed by atoms with Crippen LogP contribution < -0.4 is 21.7 Å². The Balaban J connectivity index is 1.74. The van der Waals surface area contributed by atoms with Crippen molar-refractivity contribution in [3.8, 4) is 0 Å². The van der Waals surface area contributed by atoms with E-state index < -0.39 is 35.8 Å². The molecule has 0 radical (unpaired) electrons. The average molecular weight is 674 g/mol. The average Bonchev–Trinajstić information content (AvgIpc) is 3.09.